The first-order valence-corrected chi connectivity index (χ1v) is 9.31. The highest BCUT2D eigenvalue weighted by Crippen LogP contribution is 2.43. The number of benzene rings is 1. The average Bonchev–Trinajstić information content (AvgIpc) is 2.50. The smallest absolute Gasteiger partial charge is 0.123 e. The van der Waals surface area contributed by atoms with Gasteiger partial charge in [-0.25, -0.2) is 0 Å². The van der Waals surface area contributed by atoms with E-state index in [-0.39, 0.29) is 5.41 Å². The highest BCUT2D eigenvalue weighted by atomic mass is 16.3. The van der Waals surface area contributed by atoms with Crippen LogP contribution in [0.15, 0.2) is 11.6 Å². The molecule has 0 aliphatic rings. The third kappa shape index (κ3) is 5.03. The molecule has 1 aromatic carbocycles. The van der Waals surface area contributed by atoms with Gasteiger partial charge in [0.05, 0.1) is 0 Å². The predicted octanol–water partition coefficient (Wildman–Crippen LogP) is 6.47. The van der Waals surface area contributed by atoms with Crippen LogP contribution in [0.3, 0.4) is 0 Å². The summed E-state index contributed by atoms with van der Waals surface area (Å²) in [7, 11) is 0. The molecule has 0 bridgehead atoms. The minimum atomic E-state index is -0.210. The lowest BCUT2D eigenvalue weighted by Crippen LogP contribution is -2.16. The first-order chi connectivity index (χ1) is 11.1. The quantitative estimate of drug-likeness (QED) is 0.341. The van der Waals surface area contributed by atoms with E-state index in [4.69, 9.17) is 0 Å². The second kappa shape index (κ2) is 8.60. The molecular weight excluding hydrogens is 296 g/mol. The maximum absolute atomic E-state index is 10.7. The van der Waals surface area contributed by atoms with E-state index in [1.165, 1.54) is 31.3 Å². The standard InChI is InChI=1S/C22H36O2/c1-8-9-10-11-12-15(2)13-14-18-19(22(5,6)7)21(24)17(4)16(3)20(18)23/h13,23-24H,8-12,14H2,1-7H3/b15-13+. The molecule has 1 aromatic rings. The Bertz CT molecular complexity index is 589. The normalized spacial score (nSPS) is 12.7. The van der Waals surface area contributed by atoms with Gasteiger partial charge in [0.25, 0.3) is 0 Å². The fourth-order valence-electron chi connectivity index (χ4n) is 3.25. The largest absolute Gasteiger partial charge is 0.507 e. The van der Waals surface area contributed by atoms with Gasteiger partial charge in [-0.2, -0.15) is 0 Å². The molecule has 2 heteroatoms. The summed E-state index contributed by atoms with van der Waals surface area (Å²) in [5.74, 6) is 0.673. The van der Waals surface area contributed by atoms with Gasteiger partial charge in [0, 0.05) is 11.1 Å². The van der Waals surface area contributed by atoms with Crippen molar-refractivity contribution in [3.63, 3.8) is 0 Å². The number of aromatic hydroxyl groups is 2. The molecule has 0 aromatic heterocycles. The van der Waals surface area contributed by atoms with Gasteiger partial charge in [-0.15, -0.1) is 0 Å². The van der Waals surface area contributed by atoms with Crippen molar-refractivity contribution in [2.75, 3.05) is 0 Å². The second-order valence-electron chi connectivity index (χ2n) is 8.12. The minimum absolute atomic E-state index is 0.210. The van der Waals surface area contributed by atoms with E-state index in [9.17, 15) is 10.2 Å². The van der Waals surface area contributed by atoms with Gasteiger partial charge in [-0.1, -0.05) is 58.6 Å². The molecule has 136 valence electrons. The first-order valence-electron chi connectivity index (χ1n) is 9.31. The molecule has 0 saturated carbocycles. The van der Waals surface area contributed by atoms with Crippen molar-refractivity contribution in [2.45, 2.75) is 92.4 Å². The maximum Gasteiger partial charge on any atom is 0.123 e. The number of hydrogen-bond acceptors (Lipinski definition) is 2. The Kier molecular flexibility index (Phi) is 7.38. The SMILES string of the molecule is CCCCCC/C(C)=C/Cc1c(O)c(C)c(C)c(O)c1C(C)(C)C. The third-order valence-corrected chi connectivity index (χ3v) is 4.93. The van der Waals surface area contributed by atoms with Crippen molar-refractivity contribution in [3.8, 4) is 11.5 Å². The van der Waals surface area contributed by atoms with Gasteiger partial charge in [0.1, 0.15) is 11.5 Å². The lowest BCUT2D eigenvalue weighted by atomic mass is 9.79. The molecule has 0 heterocycles. The molecule has 0 amide bonds. The molecule has 0 atom stereocenters. The number of allylic oxidation sites excluding steroid dienone is 2. The summed E-state index contributed by atoms with van der Waals surface area (Å²) in [5.41, 5.74) is 4.46. The summed E-state index contributed by atoms with van der Waals surface area (Å²) in [4.78, 5) is 0. The van der Waals surface area contributed by atoms with Crippen LogP contribution in [0.5, 0.6) is 11.5 Å². The van der Waals surface area contributed by atoms with Crippen LogP contribution in [0.1, 0.15) is 89.0 Å². The molecule has 0 radical (unpaired) electrons. The Morgan fingerprint density at radius 3 is 2.08 bits per heavy atom. The Morgan fingerprint density at radius 1 is 0.958 bits per heavy atom. The Hall–Kier alpha value is -1.44. The van der Waals surface area contributed by atoms with Crippen molar-refractivity contribution in [1.82, 2.24) is 0 Å². The van der Waals surface area contributed by atoms with Crippen molar-refractivity contribution in [3.05, 3.63) is 33.9 Å². The van der Waals surface area contributed by atoms with Crippen LogP contribution in [0.25, 0.3) is 0 Å². The molecule has 0 aliphatic carbocycles. The topological polar surface area (TPSA) is 40.5 Å². The van der Waals surface area contributed by atoms with Gasteiger partial charge < -0.3 is 10.2 Å². The zero-order chi connectivity index (χ0) is 18.5. The minimum Gasteiger partial charge on any atom is -0.507 e. The summed E-state index contributed by atoms with van der Waals surface area (Å²) in [5, 5.41) is 21.3. The number of unbranched alkanes of at least 4 members (excludes halogenated alkanes) is 3. The molecule has 0 fully saturated rings. The molecule has 0 saturated heterocycles. The molecule has 2 N–H and O–H groups in total. The summed E-state index contributed by atoms with van der Waals surface area (Å²) in [6, 6.07) is 0. The maximum atomic E-state index is 10.7. The van der Waals surface area contributed by atoms with Crippen LogP contribution >= 0.6 is 0 Å². The number of phenolic OH excluding ortho intramolecular Hbond substituents is 2. The zero-order valence-electron chi connectivity index (χ0n) is 16.7. The second-order valence-corrected chi connectivity index (χ2v) is 8.12. The molecular formula is C22H36O2. The van der Waals surface area contributed by atoms with E-state index in [1.54, 1.807) is 0 Å². The number of hydrogen-bond donors (Lipinski definition) is 2. The average molecular weight is 333 g/mol. The lowest BCUT2D eigenvalue weighted by molar-refractivity contribution is 0.423. The fraction of sp³-hybridized carbons (Fsp3) is 0.636. The van der Waals surface area contributed by atoms with E-state index < -0.39 is 0 Å². The van der Waals surface area contributed by atoms with Gasteiger partial charge in [0.15, 0.2) is 0 Å². The molecule has 0 spiro atoms. The summed E-state index contributed by atoms with van der Waals surface area (Å²) < 4.78 is 0. The third-order valence-electron chi connectivity index (χ3n) is 4.93. The van der Waals surface area contributed by atoms with Gasteiger partial charge >= 0.3 is 0 Å². The molecule has 24 heavy (non-hydrogen) atoms. The lowest BCUT2D eigenvalue weighted by Gasteiger charge is -2.27. The predicted molar refractivity (Wildman–Crippen MR) is 104 cm³/mol. The fourth-order valence-corrected chi connectivity index (χ4v) is 3.25. The van der Waals surface area contributed by atoms with Crippen LogP contribution in [0.4, 0.5) is 0 Å². The Morgan fingerprint density at radius 2 is 1.54 bits per heavy atom. The Balaban J connectivity index is 3.11. The van der Waals surface area contributed by atoms with Crippen molar-refractivity contribution in [2.24, 2.45) is 0 Å². The highest BCUT2D eigenvalue weighted by molar-refractivity contribution is 5.60. The highest BCUT2D eigenvalue weighted by Gasteiger charge is 2.27. The van der Waals surface area contributed by atoms with E-state index in [2.05, 4.69) is 40.7 Å². The van der Waals surface area contributed by atoms with Crippen LogP contribution in [0.2, 0.25) is 0 Å². The summed E-state index contributed by atoms with van der Waals surface area (Å²) in [6.45, 7) is 14.4. The van der Waals surface area contributed by atoms with Gasteiger partial charge in [0.2, 0.25) is 0 Å². The number of phenols is 2. The van der Waals surface area contributed by atoms with E-state index in [0.717, 1.165) is 28.7 Å². The molecule has 2 nitrogen and oxygen atoms in total. The molecule has 1 rings (SSSR count). The van der Waals surface area contributed by atoms with Crippen LogP contribution in [-0.4, -0.2) is 10.2 Å². The van der Waals surface area contributed by atoms with Crippen LogP contribution in [-0.2, 0) is 11.8 Å². The van der Waals surface area contributed by atoms with Crippen LogP contribution < -0.4 is 0 Å². The molecule has 0 aliphatic heterocycles. The van der Waals surface area contributed by atoms with Crippen molar-refractivity contribution < 1.29 is 10.2 Å². The summed E-state index contributed by atoms with van der Waals surface area (Å²) in [6.07, 6.45) is 9.07. The summed E-state index contributed by atoms with van der Waals surface area (Å²) >= 11 is 0. The van der Waals surface area contributed by atoms with E-state index >= 15 is 0 Å². The van der Waals surface area contributed by atoms with Crippen molar-refractivity contribution in [1.29, 1.82) is 0 Å². The van der Waals surface area contributed by atoms with Crippen LogP contribution in [0, 0.1) is 13.8 Å². The van der Waals surface area contributed by atoms with Gasteiger partial charge in [-0.3, -0.25) is 0 Å². The van der Waals surface area contributed by atoms with E-state index in [0.29, 0.717) is 17.9 Å². The zero-order valence-corrected chi connectivity index (χ0v) is 16.7. The first kappa shape index (κ1) is 20.6. The molecule has 0 unspecified atom stereocenters. The number of rotatable bonds is 7. The Labute approximate surface area is 148 Å². The van der Waals surface area contributed by atoms with E-state index in [1.807, 2.05) is 13.8 Å². The van der Waals surface area contributed by atoms with Gasteiger partial charge in [-0.05, 0) is 56.6 Å². The monoisotopic (exact) mass is 332 g/mol. The van der Waals surface area contributed by atoms with Crippen molar-refractivity contribution >= 4 is 0 Å².